The van der Waals surface area contributed by atoms with E-state index in [-0.39, 0.29) is 44.3 Å². The van der Waals surface area contributed by atoms with Gasteiger partial charge in [-0.2, -0.15) is 15.1 Å². The second-order valence-corrected chi connectivity index (χ2v) is 13.8. The summed E-state index contributed by atoms with van der Waals surface area (Å²) in [5.74, 6) is -2.34. The summed E-state index contributed by atoms with van der Waals surface area (Å²) in [5, 5.41) is 14.5. The molecule has 1 atom stereocenters. The minimum absolute atomic E-state index is 0.0787. The molecule has 4 amide bonds. The minimum Gasteiger partial charge on any atom is -0.369 e. The molecule has 2 fully saturated rings. The van der Waals surface area contributed by atoms with Crippen LogP contribution in [0.5, 0.6) is 0 Å². The lowest BCUT2D eigenvalue weighted by Gasteiger charge is -2.39. The first-order valence-corrected chi connectivity index (χ1v) is 18.3. The van der Waals surface area contributed by atoms with Crippen LogP contribution in [0.2, 0.25) is 0 Å². The Balaban J connectivity index is 1.03. The van der Waals surface area contributed by atoms with Crippen molar-refractivity contribution in [3.05, 3.63) is 59.4 Å². The summed E-state index contributed by atoms with van der Waals surface area (Å²) in [4.78, 5) is 63.4. The van der Waals surface area contributed by atoms with E-state index >= 15 is 0 Å². The Labute approximate surface area is 323 Å². The molecular formula is C36H49F2N13O5. The van der Waals surface area contributed by atoms with E-state index in [4.69, 9.17) is 16.2 Å². The molecule has 0 saturated carbocycles. The molecule has 0 aliphatic carbocycles. The van der Waals surface area contributed by atoms with Gasteiger partial charge in [0.25, 0.3) is 0 Å². The van der Waals surface area contributed by atoms with Gasteiger partial charge in [0.2, 0.25) is 29.6 Å². The molecule has 2 aliphatic rings. The highest BCUT2D eigenvalue weighted by atomic mass is 19.1. The van der Waals surface area contributed by atoms with E-state index in [0.717, 1.165) is 30.4 Å². The van der Waals surface area contributed by atoms with Gasteiger partial charge in [-0.15, -0.1) is 0 Å². The summed E-state index contributed by atoms with van der Waals surface area (Å²) in [6, 6.07) is 4.47. The number of halogens is 2. The first-order chi connectivity index (χ1) is 26.8. The highest BCUT2D eigenvalue weighted by Crippen LogP contribution is 2.24. The van der Waals surface area contributed by atoms with E-state index < -0.39 is 41.3 Å². The molecule has 0 radical (unpaired) electrons. The number of amides is 4. The highest BCUT2D eigenvalue weighted by Gasteiger charge is 2.30. The van der Waals surface area contributed by atoms with Crippen molar-refractivity contribution in [3.8, 4) is 5.82 Å². The van der Waals surface area contributed by atoms with Gasteiger partial charge in [-0.3, -0.25) is 24.1 Å². The Morgan fingerprint density at radius 3 is 2.27 bits per heavy atom. The number of nitrogens with zero attached hydrogens (tertiary/aromatic N) is 7. The Morgan fingerprint density at radius 2 is 1.59 bits per heavy atom. The number of nitrogens with two attached hydrogens (primary N) is 2. The van der Waals surface area contributed by atoms with Gasteiger partial charge in [0.1, 0.15) is 30.2 Å². The van der Waals surface area contributed by atoms with Crippen LogP contribution in [0.4, 0.5) is 26.2 Å². The van der Waals surface area contributed by atoms with Gasteiger partial charge in [-0.05, 0) is 25.0 Å². The van der Waals surface area contributed by atoms with Crippen LogP contribution in [0.3, 0.4) is 0 Å². The third-order valence-electron chi connectivity index (χ3n) is 9.31. The number of hydrogen-bond donors (Lipinski definition) is 6. The third-order valence-corrected chi connectivity index (χ3v) is 9.31. The fourth-order valence-electron chi connectivity index (χ4n) is 6.09. The predicted octanol–water partition coefficient (Wildman–Crippen LogP) is -0.723. The van der Waals surface area contributed by atoms with Crippen molar-refractivity contribution in [1.29, 1.82) is 0 Å². The molecule has 0 spiro atoms. The monoisotopic (exact) mass is 781 g/mol. The lowest BCUT2D eigenvalue weighted by molar-refractivity contribution is -0.132. The zero-order valence-electron chi connectivity index (χ0n) is 31.6. The lowest BCUT2D eigenvalue weighted by Crippen LogP contribution is -2.54. The second-order valence-electron chi connectivity index (χ2n) is 13.8. The maximum atomic E-state index is 13.7. The Hall–Kier alpha value is -5.73. The van der Waals surface area contributed by atoms with E-state index in [1.165, 1.54) is 12.1 Å². The molecule has 8 N–H and O–H groups in total. The summed E-state index contributed by atoms with van der Waals surface area (Å²) >= 11 is 0. The Kier molecular flexibility index (Phi) is 14.2. The molecule has 0 bridgehead atoms. The molecule has 2 aliphatic heterocycles. The number of carbonyl (C=O) groups is 4. The van der Waals surface area contributed by atoms with Crippen LogP contribution in [-0.2, 0) is 23.9 Å². The summed E-state index contributed by atoms with van der Waals surface area (Å²) in [5.41, 5.74) is 13.6. The second kappa shape index (κ2) is 19.2. The molecule has 302 valence electrons. The number of ether oxygens (including phenoxy) is 1. The molecule has 4 heterocycles. The smallest absolute Gasteiger partial charge is 0.243 e. The number of piperazine rings is 1. The molecule has 18 nitrogen and oxygen atoms in total. The Bertz CT molecular complexity index is 1870. The number of benzene rings is 1. The van der Waals surface area contributed by atoms with Gasteiger partial charge in [-0.25, -0.2) is 13.5 Å². The quantitative estimate of drug-likeness (QED) is 0.0931. The first-order valence-electron chi connectivity index (χ1n) is 18.3. The third kappa shape index (κ3) is 11.4. The number of hydrogen-bond acceptors (Lipinski definition) is 13. The first kappa shape index (κ1) is 41.4. The van der Waals surface area contributed by atoms with Crippen LogP contribution in [-0.4, -0.2) is 133 Å². The molecule has 20 heteroatoms. The predicted molar refractivity (Wildman–Crippen MR) is 204 cm³/mol. The van der Waals surface area contributed by atoms with Crippen LogP contribution in [0.15, 0.2) is 36.5 Å². The van der Waals surface area contributed by atoms with E-state index in [0.29, 0.717) is 50.0 Å². The van der Waals surface area contributed by atoms with E-state index in [1.54, 1.807) is 30.8 Å². The van der Waals surface area contributed by atoms with Crippen LogP contribution in [0.1, 0.15) is 25.1 Å². The van der Waals surface area contributed by atoms with Crippen molar-refractivity contribution in [2.75, 3.05) is 87.7 Å². The van der Waals surface area contributed by atoms with E-state index in [2.05, 4.69) is 47.3 Å². The molecular weight excluding hydrogens is 732 g/mol. The topological polar surface area (TPSA) is 231 Å². The molecule has 2 saturated heterocycles. The maximum Gasteiger partial charge on any atom is 0.243 e. The fraction of sp³-hybridized carbons (Fsp3) is 0.472. The van der Waals surface area contributed by atoms with Crippen LogP contribution >= 0.6 is 0 Å². The number of aromatic nitrogens is 4. The molecule has 5 rings (SSSR count). The highest BCUT2D eigenvalue weighted by molar-refractivity contribution is 5.92. The van der Waals surface area contributed by atoms with Crippen molar-refractivity contribution in [2.24, 2.45) is 11.7 Å². The number of nitrogens with one attached hydrogen (secondary N) is 4. The summed E-state index contributed by atoms with van der Waals surface area (Å²) in [6.07, 6.45) is 5.62. The SMILES string of the molecule is Cc1c(/C=C/CN2CCN(c3cc(F)cc(F)c3)CC2)cnn1-c1cc(N2CC(OCNC(=O)CNC(=O)C(NC(=O)CNC(=O)CN)C(C)C)C2)nc(N)n1. The van der Waals surface area contributed by atoms with Crippen molar-refractivity contribution >= 4 is 47.2 Å². The molecule has 3 aromatic rings. The van der Waals surface area contributed by atoms with Gasteiger partial charge in [0, 0.05) is 69.2 Å². The fourth-order valence-corrected chi connectivity index (χ4v) is 6.09. The minimum atomic E-state index is -0.912. The standard InChI is InChI=1S/C36H49F2N13O5/c1-22(2)34(47-33(54)18-41-31(52)15-39)35(55)42-17-32(53)43-21-56-28-19-50(20-28)29-14-30(46-36(40)45-29)51-23(3)24(16-44-51)5-4-6-48-7-9-49(10-8-48)27-12-25(37)11-26(38)13-27/h4-5,11-14,16,22,28,34H,6-10,15,17-21,39H2,1-3H3,(H,41,52)(H,42,55)(H,43,53)(H,47,54)(H2,40,45,46)/b5-4+. The van der Waals surface area contributed by atoms with Gasteiger partial charge in [0.15, 0.2) is 5.82 Å². The van der Waals surface area contributed by atoms with E-state index in [9.17, 15) is 28.0 Å². The zero-order chi connectivity index (χ0) is 40.4. The molecule has 2 aromatic heterocycles. The van der Waals surface area contributed by atoms with Crippen LogP contribution in [0, 0.1) is 24.5 Å². The van der Waals surface area contributed by atoms with Crippen molar-refractivity contribution < 1.29 is 32.7 Å². The molecule has 56 heavy (non-hydrogen) atoms. The number of nitrogen functional groups attached to an aromatic ring is 1. The van der Waals surface area contributed by atoms with Crippen LogP contribution in [0.25, 0.3) is 11.9 Å². The van der Waals surface area contributed by atoms with Gasteiger partial charge >= 0.3 is 0 Å². The normalized spacial score (nSPS) is 15.5. The van der Waals surface area contributed by atoms with Crippen molar-refractivity contribution in [2.45, 2.75) is 32.9 Å². The zero-order valence-corrected chi connectivity index (χ0v) is 31.6. The van der Waals surface area contributed by atoms with Crippen LogP contribution < -0.4 is 42.5 Å². The Morgan fingerprint density at radius 1 is 0.911 bits per heavy atom. The average molecular weight is 782 g/mol. The summed E-state index contributed by atoms with van der Waals surface area (Å²) in [7, 11) is 0. The lowest BCUT2D eigenvalue weighted by atomic mass is 10.0. The summed E-state index contributed by atoms with van der Waals surface area (Å²) < 4.78 is 34.8. The number of carbonyl (C=O) groups excluding carboxylic acids is 4. The van der Waals surface area contributed by atoms with Crippen molar-refractivity contribution in [3.63, 3.8) is 0 Å². The number of anilines is 3. The van der Waals surface area contributed by atoms with Gasteiger partial charge in [0.05, 0.1) is 37.6 Å². The number of rotatable bonds is 17. The van der Waals surface area contributed by atoms with Crippen molar-refractivity contribution in [1.82, 2.24) is 45.9 Å². The molecule has 1 unspecified atom stereocenters. The summed E-state index contributed by atoms with van der Waals surface area (Å²) in [6.45, 7) is 8.94. The molecule has 1 aromatic carbocycles. The van der Waals surface area contributed by atoms with Gasteiger partial charge < -0.3 is 47.3 Å². The maximum absolute atomic E-state index is 13.7. The van der Waals surface area contributed by atoms with Gasteiger partial charge in [-0.1, -0.05) is 26.0 Å². The largest absolute Gasteiger partial charge is 0.369 e. The average Bonchev–Trinajstić information content (AvgIpc) is 3.51. The van der Waals surface area contributed by atoms with E-state index in [1.807, 2.05) is 22.8 Å².